The Morgan fingerprint density at radius 3 is 2.78 bits per heavy atom. The van der Waals surface area contributed by atoms with Crippen LogP contribution in [0.15, 0.2) is 30.3 Å². The fourth-order valence-corrected chi connectivity index (χ4v) is 3.89. The van der Waals surface area contributed by atoms with Crippen molar-refractivity contribution in [2.75, 3.05) is 5.32 Å². The Hall–Kier alpha value is -2.21. The fraction of sp³-hybridized carbons (Fsp3) is 0.353. The van der Waals surface area contributed by atoms with Crippen molar-refractivity contribution in [3.8, 4) is 0 Å². The lowest BCUT2D eigenvalue weighted by molar-refractivity contribution is -0.139. The molecule has 0 saturated heterocycles. The van der Waals surface area contributed by atoms with E-state index in [1.807, 2.05) is 37.3 Å². The molecule has 2 unspecified atom stereocenters. The molecule has 3 rings (SSSR count). The number of aliphatic carboxylic acids is 1. The van der Waals surface area contributed by atoms with Crippen LogP contribution in [0.3, 0.4) is 0 Å². The van der Waals surface area contributed by atoms with Crippen LogP contribution in [-0.4, -0.2) is 22.0 Å². The summed E-state index contributed by atoms with van der Waals surface area (Å²) in [6, 6.07) is 9.54. The van der Waals surface area contributed by atoms with Crippen LogP contribution in [0.2, 0.25) is 0 Å². The molecule has 0 fully saturated rings. The quantitative estimate of drug-likeness (QED) is 0.900. The number of rotatable bonds is 4. The molecule has 0 radical (unpaired) electrons. The average molecular weight is 330 g/mol. The maximum absolute atomic E-state index is 12.4. The van der Waals surface area contributed by atoms with E-state index in [4.69, 9.17) is 0 Å². The molecule has 5 nitrogen and oxygen atoms in total. The largest absolute Gasteiger partial charge is 0.481 e. The third-order valence-electron chi connectivity index (χ3n) is 4.18. The van der Waals surface area contributed by atoms with Crippen molar-refractivity contribution in [1.29, 1.82) is 0 Å². The molecule has 23 heavy (non-hydrogen) atoms. The second-order valence-corrected chi connectivity index (χ2v) is 6.82. The first kappa shape index (κ1) is 15.7. The first-order valence-corrected chi connectivity index (χ1v) is 8.46. The fourth-order valence-electron chi connectivity index (χ4n) is 2.82. The van der Waals surface area contributed by atoms with E-state index in [2.05, 4.69) is 10.3 Å². The van der Waals surface area contributed by atoms with Crippen molar-refractivity contribution in [2.24, 2.45) is 0 Å². The van der Waals surface area contributed by atoms with Crippen molar-refractivity contribution < 1.29 is 14.7 Å². The molecule has 0 spiro atoms. The summed E-state index contributed by atoms with van der Waals surface area (Å²) in [5.74, 6) is -1.81. The van der Waals surface area contributed by atoms with Crippen LogP contribution in [0, 0.1) is 0 Å². The zero-order valence-electron chi connectivity index (χ0n) is 12.8. The molecular formula is C17H18N2O3S. The monoisotopic (exact) mass is 330 g/mol. The second-order valence-electron chi connectivity index (χ2n) is 5.73. The molecule has 1 heterocycles. The lowest BCUT2D eigenvalue weighted by Gasteiger charge is -2.16. The van der Waals surface area contributed by atoms with Crippen LogP contribution in [0.1, 0.15) is 47.7 Å². The number of hydrogen-bond acceptors (Lipinski definition) is 4. The number of carbonyl (C=O) groups excluding carboxylic acids is 1. The molecule has 2 atom stereocenters. The highest BCUT2D eigenvalue weighted by molar-refractivity contribution is 7.15. The molecule has 0 saturated carbocycles. The van der Waals surface area contributed by atoms with Gasteiger partial charge in [-0.3, -0.25) is 9.59 Å². The zero-order valence-corrected chi connectivity index (χ0v) is 13.6. The van der Waals surface area contributed by atoms with Gasteiger partial charge in [0.15, 0.2) is 5.13 Å². The van der Waals surface area contributed by atoms with E-state index >= 15 is 0 Å². The summed E-state index contributed by atoms with van der Waals surface area (Å²) in [6.07, 6.45) is 2.29. The summed E-state index contributed by atoms with van der Waals surface area (Å²) in [5, 5.41) is 12.6. The summed E-state index contributed by atoms with van der Waals surface area (Å²) in [5.41, 5.74) is 1.56. The average Bonchev–Trinajstić information content (AvgIpc) is 2.96. The highest BCUT2D eigenvalue weighted by Gasteiger charge is 2.30. The number of carboxylic acids is 1. The Bertz CT molecular complexity index is 727. The van der Waals surface area contributed by atoms with E-state index in [9.17, 15) is 14.7 Å². The van der Waals surface area contributed by atoms with Crippen LogP contribution >= 0.6 is 11.3 Å². The number of thiazole rings is 1. The minimum absolute atomic E-state index is 0.130. The Morgan fingerprint density at radius 1 is 1.35 bits per heavy atom. The second kappa shape index (κ2) is 6.50. The Labute approximate surface area is 138 Å². The van der Waals surface area contributed by atoms with Crippen LogP contribution in [0.4, 0.5) is 5.13 Å². The minimum atomic E-state index is -0.841. The van der Waals surface area contributed by atoms with E-state index in [1.165, 1.54) is 11.3 Å². The highest BCUT2D eigenvalue weighted by atomic mass is 32.1. The third kappa shape index (κ3) is 3.27. The van der Waals surface area contributed by atoms with E-state index in [-0.39, 0.29) is 11.8 Å². The smallest absolute Gasteiger partial charge is 0.312 e. The van der Waals surface area contributed by atoms with Crippen molar-refractivity contribution in [1.82, 2.24) is 4.98 Å². The van der Waals surface area contributed by atoms with Gasteiger partial charge in [0.25, 0.3) is 0 Å². The van der Waals surface area contributed by atoms with Gasteiger partial charge in [-0.1, -0.05) is 30.3 Å². The van der Waals surface area contributed by atoms with Gasteiger partial charge in [-0.15, -0.1) is 11.3 Å². The molecule has 1 aliphatic rings. The number of carbonyl (C=O) groups is 2. The number of carboxylic acid groups (broad SMARTS) is 1. The van der Waals surface area contributed by atoms with Gasteiger partial charge in [0.1, 0.15) is 5.92 Å². The minimum Gasteiger partial charge on any atom is -0.481 e. The number of nitrogens with one attached hydrogen (secondary N) is 1. The number of fused-ring (bicyclic) bond motifs is 1. The van der Waals surface area contributed by atoms with E-state index in [1.54, 1.807) is 0 Å². The summed E-state index contributed by atoms with van der Waals surface area (Å²) in [7, 11) is 0. The SMILES string of the molecule is CC(C(=O)Nc1nc2c(s1)CCCC2C(=O)O)c1ccccc1. The van der Waals surface area contributed by atoms with Gasteiger partial charge >= 0.3 is 5.97 Å². The predicted octanol–water partition coefficient (Wildman–Crippen LogP) is 3.39. The molecule has 1 aliphatic carbocycles. The number of nitrogens with zero attached hydrogens (tertiary/aromatic N) is 1. The van der Waals surface area contributed by atoms with Crippen molar-refractivity contribution in [2.45, 2.75) is 38.0 Å². The van der Waals surface area contributed by atoms with E-state index in [0.717, 1.165) is 23.3 Å². The van der Waals surface area contributed by atoms with Gasteiger partial charge in [0.2, 0.25) is 5.91 Å². The Kier molecular flexibility index (Phi) is 4.43. The molecule has 6 heteroatoms. The van der Waals surface area contributed by atoms with Crippen LogP contribution in [0.5, 0.6) is 0 Å². The van der Waals surface area contributed by atoms with Crippen LogP contribution in [-0.2, 0) is 16.0 Å². The van der Waals surface area contributed by atoms with Gasteiger partial charge in [-0.25, -0.2) is 4.98 Å². The van der Waals surface area contributed by atoms with Crippen molar-refractivity contribution >= 4 is 28.3 Å². The predicted molar refractivity (Wildman–Crippen MR) is 88.9 cm³/mol. The molecule has 1 amide bonds. The lowest BCUT2D eigenvalue weighted by Crippen LogP contribution is -2.19. The summed E-state index contributed by atoms with van der Waals surface area (Å²) in [6.45, 7) is 1.85. The van der Waals surface area contributed by atoms with Crippen LogP contribution in [0.25, 0.3) is 0 Å². The Morgan fingerprint density at radius 2 is 2.09 bits per heavy atom. The maximum atomic E-state index is 12.4. The number of aryl methyl sites for hydroxylation is 1. The molecule has 2 aromatic rings. The summed E-state index contributed by atoms with van der Waals surface area (Å²) >= 11 is 1.39. The van der Waals surface area contributed by atoms with E-state index < -0.39 is 11.9 Å². The highest BCUT2D eigenvalue weighted by Crippen LogP contribution is 2.37. The molecule has 120 valence electrons. The maximum Gasteiger partial charge on any atom is 0.312 e. The number of amides is 1. The van der Waals surface area contributed by atoms with Gasteiger partial charge in [-0.2, -0.15) is 0 Å². The number of benzene rings is 1. The topological polar surface area (TPSA) is 79.3 Å². The lowest BCUT2D eigenvalue weighted by atomic mass is 9.91. The third-order valence-corrected chi connectivity index (χ3v) is 5.22. The first-order chi connectivity index (χ1) is 11.1. The molecule has 0 aliphatic heterocycles. The number of aromatic nitrogens is 1. The van der Waals surface area contributed by atoms with Gasteiger partial charge < -0.3 is 10.4 Å². The molecule has 2 N–H and O–H groups in total. The zero-order chi connectivity index (χ0) is 16.4. The number of anilines is 1. The molecule has 0 bridgehead atoms. The molecule has 1 aromatic heterocycles. The normalized spacial score (nSPS) is 18.0. The van der Waals surface area contributed by atoms with Gasteiger partial charge in [0, 0.05) is 4.88 Å². The van der Waals surface area contributed by atoms with Gasteiger partial charge in [0.05, 0.1) is 11.6 Å². The molecule has 1 aromatic carbocycles. The summed E-state index contributed by atoms with van der Waals surface area (Å²) < 4.78 is 0. The van der Waals surface area contributed by atoms with Crippen molar-refractivity contribution in [3.63, 3.8) is 0 Å². The first-order valence-electron chi connectivity index (χ1n) is 7.64. The molecular weight excluding hydrogens is 312 g/mol. The standard InChI is InChI=1S/C17H18N2O3S/c1-10(11-6-3-2-4-7-11)15(20)19-17-18-14-12(16(21)22)8-5-9-13(14)23-17/h2-4,6-7,10,12H,5,8-9H2,1H3,(H,21,22)(H,18,19,20). The number of hydrogen-bond donors (Lipinski definition) is 2. The Balaban J connectivity index is 1.76. The van der Waals surface area contributed by atoms with Crippen LogP contribution < -0.4 is 5.32 Å². The summed E-state index contributed by atoms with van der Waals surface area (Å²) in [4.78, 5) is 29.1. The van der Waals surface area contributed by atoms with Crippen molar-refractivity contribution in [3.05, 3.63) is 46.5 Å². The van der Waals surface area contributed by atoms with E-state index in [0.29, 0.717) is 17.2 Å². The van der Waals surface area contributed by atoms with Gasteiger partial charge in [-0.05, 0) is 31.7 Å².